The molecule has 0 unspecified atom stereocenters. The minimum Gasteiger partial charge on any atom is -0.504 e. The Bertz CT molecular complexity index is 1620. The van der Waals surface area contributed by atoms with Gasteiger partial charge in [0, 0.05) is 45.3 Å². The molecule has 0 radical (unpaired) electrons. The number of H-pyrrole nitrogens is 2. The van der Waals surface area contributed by atoms with Gasteiger partial charge in [0.1, 0.15) is 0 Å². The zero-order valence-corrected chi connectivity index (χ0v) is 21.9. The number of aromatic amines is 2. The number of allylic oxidation sites excluding steroid dienone is 6. The number of carbonyl (C=O) groups excluding carboxylic acids is 2. The number of ketones is 2. The summed E-state index contributed by atoms with van der Waals surface area (Å²) in [6.45, 7) is 8.11. The molecule has 5 rings (SSSR count). The summed E-state index contributed by atoms with van der Waals surface area (Å²) in [4.78, 5) is 33.4. The first-order valence-corrected chi connectivity index (χ1v) is 12.6. The lowest BCUT2D eigenvalue weighted by atomic mass is 9.85. The molecule has 0 fully saturated rings. The van der Waals surface area contributed by atoms with E-state index in [4.69, 9.17) is 0 Å². The Morgan fingerprint density at radius 1 is 0.684 bits per heavy atom. The van der Waals surface area contributed by atoms with Gasteiger partial charge in [0.15, 0.2) is 11.5 Å². The van der Waals surface area contributed by atoms with Crippen molar-refractivity contribution in [3.8, 4) is 0 Å². The fraction of sp³-hybridized carbons (Fsp3) is 0.188. The Labute approximate surface area is 220 Å². The molecule has 38 heavy (non-hydrogen) atoms. The van der Waals surface area contributed by atoms with Crippen molar-refractivity contribution in [2.45, 2.75) is 40.5 Å². The summed E-state index contributed by atoms with van der Waals surface area (Å²) >= 11 is 0. The zero-order chi connectivity index (χ0) is 27.1. The number of carbonyl (C=O) groups is 2. The SMILES string of the molecule is CC(C)=CCc1cccc2c(C3=C(O)C(=O)C(c4c[nH]c5c(CC=C(C)C)cccc45)=C(O)C3=O)c[nH]c12. The molecular formula is C32H30N2O4. The number of Topliss-reactive ketones (excluding diaryl/α,β-unsaturated/α-hetero) is 2. The lowest BCUT2D eigenvalue weighted by Crippen LogP contribution is -2.22. The molecule has 0 atom stereocenters. The van der Waals surface area contributed by atoms with Gasteiger partial charge >= 0.3 is 0 Å². The standard InChI is InChI=1S/C32H30N2O4/c1-17(2)11-13-19-7-5-9-21-23(15-33-27(19)21)25-29(35)31(37)26(32(38)30(25)36)24-16-34-28-20(14-12-18(3)4)8-6-10-22(24)28/h5-12,15-16,33-35,38H,13-14H2,1-4H3. The van der Waals surface area contributed by atoms with Crippen LogP contribution in [0.1, 0.15) is 49.9 Å². The minimum atomic E-state index is -0.789. The maximum absolute atomic E-state index is 13.5. The Hall–Kier alpha value is -4.58. The van der Waals surface area contributed by atoms with Crippen molar-refractivity contribution in [1.29, 1.82) is 0 Å². The van der Waals surface area contributed by atoms with Gasteiger partial charge in [-0.05, 0) is 51.7 Å². The molecule has 0 spiro atoms. The molecule has 0 aliphatic heterocycles. The van der Waals surface area contributed by atoms with Crippen LogP contribution in [0.5, 0.6) is 0 Å². The lowest BCUT2D eigenvalue weighted by molar-refractivity contribution is -0.116. The first-order chi connectivity index (χ1) is 18.2. The van der Waals surface area contributed by atoms with Crippen LogP contribution in [0.15, 0.2) is 83.6 Å². The highest BCUT2D eigenvalue weighted by molar-refractivity contribution is 6.48. The second-order valence-electron chi connectivity index (χ2n) is 10.2. The second kappa shape index (κ2) is 9.71. The van der Waals surface area contributed by atoms with Gasteiger partial charge in [-0.1, -0.05) is 59.7 Å². The summed E-state index contributed by atoms with van der Waals surface area (Å²) in [5, 5.41) is 23.5. The lowest BCUT2D eigenvalue weighted by Gasteiger charge is -2.17. The van der Waals surface area contributed by atoms with Gasteiger partial charge in [-0.25, -0.2) is 0 Å². The van der Waals surface area contributed by atoms with Crippen molar-refractivity contribution < 1.29 is 19.8 Å². The number of aromatic nitrogens is 2. The number of rotatable bonds is 6. The van der Waals surface area contributed by atoms with Gasteiger partial charge < -0.3 is 20.2 Å². The first kappa shape index (κ1) is 25.1. The Morgan fingerprint density at radius 3 is 1.45 bits per heavy atom. The summed E-state index contributed by atoms with van der Waals surface area (Å²) < 4.78 is 0. The van der Waals surface area contributed by atoms with Crippen LogP contribution in [-0.2, 0) is 22.4 Å². The topological polar surface area (TPSA) is 106 Å². The number of hydrogen-bond donors (Lipinski definition) is 4. The molecule has 6 heteroatoms. The molecule has 4 N–H and O–H groups in total. The fourth-order valence-corrected chi connectivity index (χ4v) is 4.99. The number of nitrogens with one attached hydrogen (secondary N) is 2. The van der Waals surface area contributed by atoms with E-state index in [9.17, 15) is 19.8 Å². The Balaban J connectivity index is 1.59. The third kappa shape index (κ3) is 4.18. The highest BCUT2D eigenvalue weighted by Crippen LogP contribution is 2.39. The Morgan fingerprint density at radius 2 is 1.08 bits per heavy atom. The van der Waals surface area contributed by atoms with Crippen molar-refractivity contribution in [1.82, 2.24) is 9.97 Å². The highest BCUT2D eigenvalue weighted by Gasteiger charge is 2.38. The van der Waals surface area contributed by atoms with Gasteiger partial charge in [0.2, 0.25) is 11.6 Å². The minimum absolute atomic E-state index is 0.203. The molecular weight excluding hydrogens is 476 g/mol. The smallest absolute Gasteiger partial charge is 0.232 e. The van der Waals surface area contributed by atoms with Gasteiger partial charge in [-0.2, -0.15) is 0 Å². The molecule has 4 aromatic rings. The fourth-order valence-electron chi connectivity index (χ4n) is 4.99. The molecule has 0 saturated heterocycles. The summed E-state index contributed by atoms with van der Waals surface area (Å²) in [6.07, 6.45) is 8.81. The monoisotopic (exact) mass is 506 g/mol. The van der Waals surface area contributed by atoms with E-state index in [1.54, 1.807) is 12.4 Å². The molecule has 2 aromatic carbocycles. The number of para-hydroxylation sites is 2. The predicted octanol–water partition coefficient (Wildman–Crippen LogP) is 7.06. The van der Waals surface area contributed by atoms with E-state index in [-0.39, 0.29) is 11.1 Å². The van der Waals surface area contributed by atoms with Crippen molar-refractivity contribution >= 4 is 44.5 Å². The number of aliphatic hydroxyl groups excluding tert-OH is 2. The number of fused-ring (bicyclic) bond motifs is 2. The van der Waals surface area contributed by atoms with Gasteiger partial charge in [0.05, 0.1) is 11.1 Å². The normalized spacial score (nSPS) is 14.1. The van der Waals surface area contributed by atoms with E-state index in [2.05, 4.69) is 22.1 Å². The van der Waals surface area contributed by atoms with Crippen LogP contribution in [-0.4, -0.2) is 31.7 Å². The van der Waals surface area contributed by atoms with Crippen molar-refractivity contribution in [2.75, 3.05) is 0 Å². The molecule has 1 aliphatic carbocycles. The van der Waals surface area contributed by atoms with Gasteiger partial charge in [-0.15, -0.1) is 0 Å². The van der Waals surface area contributed by atoms with Crippen LogP contribution in [0.25, 0.3) is 33.0 Å². The van der Waals surface area contributed by atoms with E-state index < -0.39 is 23.1 Å². The van der Waals surface area contributed by atoms with Crippen LogP contribution in [0.3, 0.4) is 0 Å². The highest BCUT2D eigenvalue weighted by atomic mass is 16.3. The van der Waals surface area contributed by atoms with Crippen molar-refractivity contribution in [3.05, 3.63) is 106 Å². The van der Waals surface area contributed by atoms with E-state index in [0.717, 1.165) is 22.2 Å². The first-order valence-electron chi connectivity index (χ1n) is 12.6. The third-order valence-corrected chi connectivity index (χ3v) is 6.96. The van der Waals surface area contributed by atoms with Crippen molar-refractivity contribution in [3.63, 3.8) is 0 Å². The van der Waals surface area contributed by atoms with Crippen LogP contribution in [0.4, 0.5) is 0 Å². The van der Waals surface area contributed by atoms with Crippen LogP contribution in [0, 0.1) is 0 Å². The molecule has 0 saturated carbocycles. The van der Waals surface area contributed by atoms with Crippen molar-refractivity contribution in [2.24, 2.45) is 0 Å². The molecule has 0 amide bonds. The van der Waals surface area contributed by atoms with Crippen LogP contribution < -0.4 is 0 Å². The maximum Gasteiger partial charge on any atom is 0.232 e. The number of benzene rings is 2. The van der Waals surface area contributed by atoms with E-state index in [1.807, 2.05) is 64.1 Å². The summed E-state index contributed by atoms with van der Waals surface area (Å²) in [7, 11) is 0. The average Bonchev–Trinajstić information content (AvgIpc) is 3.51. The molecule has 6 nitrogen and oxygen atoms in total. The maximum atomic E-state index is 13.5. The average molecular weight is 507 g/mol. The molecule has 2 aromatic heterocycles. The van der Waals surface area contributed by atoms with Crippen LogP contribution >= 0.6 is 0 Å². The number of aliphatic hydroxyl groups is 2. The van der Waals surface area contributed by atoms with Gasteiger partial charge in [-0.3, -0.25) is 9.59 Å². The zero-order valence-electron chi connectivity index (χ0n) is 21.9. The molecule has 192 valence electrons. The van der Waals surface area contributed by atoms with E-state index >= 15 is 0 Å². The van der Waals surface area contributed by atoms with E-state index in [0.29, 0.717) is 34.7 Å². The summed E-state index contributed by atoms with van der Waals surface area (Å²) in [5.41, 5.74) is 6.40. The quantitative estimate of drug-likeness (QED) is 0.166. The summed E-state index contributed by atoms with van der Waals surface area (Å²) in [5.74, 6) is -2.92. The number of hydrogen-bond acceptors (Lipinski definition) is 4. The Kier molecular flexibility index (Phi) is 6.41. The molecule has 0 bridgehead atoms. The third-order valence-electron chi connectivity index (χ3n) is 6.96. The molecule has 2 heterocycles. The van der Waals surface area contributed by atoms with Crippen LogP contribution in [0.2, 0.25) is 0 Å². The molecule has 1 aliphatic rings. The largest absolute Gasteiger partial charge is 0.504 e. The van der Waals surface area contributed by atoms with E-state index in [1.165, 1.54) is 11.1 Å². The summed E-state index contributed by atoms with van der Waals surface area (Å²) in [6, 6.07) is 11.4. The second-order valence-corrected chi connectivity index (χ2v) is 10.2. The predicted molar refractivity (Wildman–Crippen MR) is 152 cm³/mol. The van der Waals surface area contributed by atoms with Gasteiger partial charge in [0.25, 0.3) is 0 Å².